The maximum absolute atomic E-state index is 11.9. The minimum Gasteiger partial charge on any atom is -0.496 e. The first-order valence-electron chi connectivity index (χ1n) is 5.45. The second kappa shape index (κ2) is 5.64. The molecule has 5 heteroatoms. The summed E-state index contributed by atoms with van der Waals surface area (Å²) >= 11 is 1.30. The highest BCUT2D eigenvalue weighted by atomic mass is 32.1. The van der Waals surface area contributed by atoms with Crippen LogP contribution in [0.2, 0.25) is 0 Å². The van der Waals surface area contributed by atoms with Gasteiger partial charge in [-0.1, -0.05) is 6.07 Å². The van der Waals surface area contributed by atoms with E-state index in [0.717, 1.165) is 5.69 Å². The normalized spacial score (nSPS) is 11.9. The second-order valence-electron chi connectivity index (χ2n) is 3.65. The highest BCUT2D eigenvalue weighted by Crippen LogP contribution is 2.24. The SMILES string of the molecule is COc1csc(C(=O)O[C@H](C)c2ccccn2)c1. The molecule has 0 bridgehead atoms. The van der Waals surface area contributed by atoms with Crippen molar-refractivity contribution in [1.82, 2.24) is 4.98 Å². The van der Waals surface area contributed by atoms with Crippen molar-refractivity contribution in [2.24, 2.45) is 0 Å². The molecule has 0 aromatic carbocycles. The molecule has 0 N–H and O–H groups in total. The zero-order valence-corrected chi connectivity index (χ0v) is 10.9. The van der Waals surface area contributed by atoms with Crippen LogP contribution >= 0.6 is 11.3 Å². The number of pyridine rings is 1. The maximum atomic E-state index is 11.9. The smallest absolute Gasteiger partial charge is 0.349 e. The number of thiophene rings is 1. The van der Waals surface area contributed by atoms with Gasteiger partial charge in [0.2, 0.25) is 0 Å². The number of aromatic nitrogens is 1. The summed E-state index contributed by atoms with van der Waals surface area (Å²) in [5, 5.41) is 1.77. The van der Waals surface area contributed by atoms with Crippen molar-refractivity contribution in [1.29, 1.82) is 0 Å². The Balaban J connectivity index is 2.03. The third kappa shape index (κ3) is 2.87. The first-order chi connectivity index (χ1) is 8.70. The van der Waals surface area contributed by atoms with Gasteiger partial charge in [-0.05, 0) is 19.1 Å². The van der Waals surface area contributed by atoms with E-state index >= 15 is 0 Å². The molecule has 2 aromatic rings. The van der Waals surface area contributed by atoms with E-state index < -0.39 is 0 Å². The minimum absolute atomic E-state index is 0.360. The summed E-state index contributed by atoms with van der Waals surface area (Å²) in [7, 11) is 1.56. The Hall–Kier alpha value is -1.88. The average Bonchev–Trinajstić information content (AvgIpc) is 2.88. The van der Waals surface area contributed by atoms with Crippen LogP contribution in [0.25, 0.3) is 0 Å². The van der Waals surface area contributed by atoms with E-state index in [-0.39, 0.29) is 12.1 Å². The number of ether oxygens (including phenoxy) is 2. The molecule has 0 saturated heterocycles. The number of rotatable bonds is 4. The van der Waals surface area contributed by atoms with Crippen LogP contribution in [0.1, 0.15) is 28.4 Å². The van der Waals surface area contributed by atoms with Crippen LogP contribution in [-0.2, 0) is 4.74 Å². The van der Waals surface area contributed by atoms with Gasteiger partial charge in [0.25, 0.3) is 0 Å². The summed E-state index contributed by atoms with van der Waals surface area (Å²) in [5.74, 6) is 0.305. The Morgan fingerprint density at radius 2 is 2.28 bits per heavy atom. The molecule has 18 heavy (non-hydrogen) atoms. The van der Waals surface area contributed by atoms with E-state index in [4.69, 9.17) is 9.47 Å². The highest BCUT2D eigenvalue weighted by Gasteiger charge is 2.16. The molecule has 0 fully saturated rings. The van der Waals surface area contributed by atoms with Gasteiger partial charge in [-0.3, -0.25) is 4.98 Å². The van der Waals surface area contributed by atoms with Crippen LogP contribution in [0.4, 0.5) is 0 Å². The Morgan fingerprint density at radius 3 is 2.89 bits per heavy atom. The van der Waals surface area contributed by atoms with Crippen molar-refractivity contribution in [3.05, 3.63) is 46.4 Å². The number of carbonyl (C=O) groups excluding carboxylic acids is 1. The predicted octanol–water partition coefficient (Wildman–Crippen LogP) is 3.07. The van der Waals surface area contributed by atoms with Crippen molar-refractivity contribution in [2.45, 2.75) is 13.0 Å². The Morgan fingerprint density at radius 1 is 1.44 bits per heavy atom. The van der Waals surface area contributed by atoms with Gasteiger partial charge >= 0.3 is 5.97 Å². The number of carbonyl (C=O) groups is 1. The molecule has 0 saturated carbocycles. The predicted molar refractivity (Wildman–Crippen MR) is 68.9 cm³/mol. The molecule has 0 amide bonds. The first kappa shape index (κ1) is 12.6. The van der Waals surface area contributed by atoms with E-state index in [1.807, 2.05) is 18.2 Å². The zero-order valence-electron chi connectivity index (χ0n) is 10.1. The Bertz CT molecular complexity index is 524. The number of esters is 1. The van der Waals surface area contributed by atoms with Crippen molar-refractivity contribution in [2.75, 3.05) is 7.11 Å². The van der Waals surface area contributed by atoms with Crippen LogP contribution in [0, 0.1) is 0 Å². The standard InChI is InChI=1S/C13H13NO3S/c1-9(11-5-3-4-6-14-11)17-13(15)12-7-10(16-2)8-18-12/h3-9H,1-2H3/t9-/m1/s1. The van der Waals surface area contributed by atoms with Gasteiger partial charge in [0.1, 0.15) is 16.7 Å². The van der Waals surface area contributed by atoms with Crippen LogP contribution < -0.4 is 4.74 Å². The van der Waals surface area contributed by atoms with E-state index in [1.54, 1.807) is 31.7 Å². The Labute approximate surface area is 109 Å². The summed E-state index contributed by atoms with van der Waals surface area (Å²) in [6, 6.07) is 7.17. The molecule has 4 nitrogen and oxygen atoms in total. The van der Waals surface area contributed by atoms with Gasteiger partial charge in [0, 0.05) is 17.6 Å². The fraction of sp³-hybridized carbons (Fsp3) is 0.231. The van der Waals surface area contributed by atoms with Crippen molar-refractivity contribution < 1.29 is 14.3 Å². The molecular weight excluding hydrogens is 250 g/mol. The zero-order chi connectivity index (χ0) is 13.0. The number of hydrogen-bond donors (Lipinski definition) is 0. The van der Waals surface area contributed by atoms with Gasteiger partial charge in [0.05, 0.1) is 12.8 Å². The summed E-state index contributed by atoms with van der Waals surface area (Å²) in [4.78, 5) is 16.5. The number of nitrogens with zero attached hydrogens (tertiary/aromatic N) is 1. The topological polar surface area (TPSA) is 48.4 Å². The number of methoxy groups -OCH3 is 1. The van der Waals surface area contributed by atoms with E-state index in [2.05, 4.69) is 4.98 Å². The van der Waals surface area contributed by atoms with Gasteiger partial charge in [-0.2, -0.15) is 0 Å². The lowest BCUT2D eigenvalue weighted by Gasteiger charge is -2.11. The molecule has 1 atom stereocenters. The molecule has 0 spiro atoms. The summed E-state index contributed by atoms with van der Waals surface area (Å²) in [6.07, 6.45) is 1.31. The quantitative estimate of drug-likeness (QED) is 0.795. The van der Waals surface area contributed by atoms with Crippen molar-refractivity contribution >= 4 is 17.3 Å². The highest BCUT2D eigenvalue weighted by molar-refractivity contribution is 7.12. The molecule has 0 radical (unpaired) electrons. The molecular formula is C13H13NO3S. The van der Waals surface area contributed by atoms with Crippen LogP contribution in [-0.4, -0.2) is 18.1 Å². The average molecular weight is 263 g/mol. The molecule has 0 aliphatic rings. The molecule has 0 unspecified atom stereocenters. The van der Waals surface area contributed by atoms with Gasteiger partial charge in [0.15, 0.2) is 0 Å². The Kier molecular flexibility index (Phi) is 3.94. The third-order valence-corrected chi connectivity index (χ3v) is 3.29. The van der Waals surface area contributed by atoms with Crippen LogP contribution in [0.5, 0.6) is 5.75 Å². The van der Waals surface area contributed by atoms with E-state index in [0.29, 0.717) is 10.6 Å². The fourth-order valence-electron chi connectivity index (χ4n) is 1.43. The largest absolute Gasteiger partial charge is 0.496 e. The maximum Gasteiger partial charge on any atom is 0.349 e. The van der Waals surface area contributed by atoms with Crippen molar-refractivity contribution in [3.8, 4) is 5.75 Å². The summed E-state index contributed by atoms with van der Waals surface area (Å²) in [5.41, 5.74) is 0.731. The van der Waals surface area contributed by atoms with Gasteiger partial charge in [-0.25, -0.2) is 4.79 Å². The number of hydrogen-bond acceptors (Lipinski definition) is 5. The molecule has 0 aliphatic carbocycles. The summed E-state index contributed by atoms with van der Waals surface area (Å²) in [6.45, 7) is 1.80. The first-order valence-corrected chi connectivity index (χ1v) is 6.33. The lowest BCUT2D eigenvalue weighted by Crippen LogP contribution is -2.08. The van der Waals surface area contributed by atoms with Crippen molar-refractivity contribution in [3.63, 3.8) is 0 Å². The van der Waals surface area contributed by atoms with E-state index in [1.165, 1.54) is 11.3 Å². The molecule has 94 valence electrons. The molecule has 2 aromatic heterocycles. The summed E-state index contributed by atoms with van der Waals surface area (Å²) < 4.78 is 10.4. The lowest BCUT2D eigenvalue weighted by molar-refractivity contribution is 0.0335. The molecule has 2 rings (SSSR count). The van der Waals surface area contributed by atoms with E-state index in [9.17, 15) is 4.79 Å². The lowest BCUT2D eigenvalue weighted by atomic mass is 10.2. The minimum atomic E-state index is -0.369. The molecule has 0 aliphatic heterocycles. The second-order valence-corrected chi connectivity index (χ2v) is 4.56. The monoisotopic (exact) mass is 263 g/mol. The van der Waals surface area contributed by atoms with Crippen LogP contribution in [0.15, 0.2) is 35.8 Å². The van der Waals surface area contributed by atoms with Crippen LogP contribution in [0.3, 0.4) is 0 Å². The fourth-order valence-corrected chi connectivity index (χ4v) is 2.16. The molecule has 2 heterocycles. The van der Waals surface area contributed by atoms with Gasteiger partial charge in [-0.15, -0.1) is 11.3 Å². The third-order valence-electron chi connectivity index (χ3n) is 2.40. The van der Waals surface area contributed by atoms with Gasteiger partial charge < -0.3 is 9.47 Å².